The largest absolute Gasteiger partial charge is 0.468 e. The molecular weight excluding hydrogens is 214 g/mol. The second-order valence-corrected chi connectivity index (χ2v) is 3.48. The summed E-state index contributed by atoms with van der Waals surface area (Å²) in [7, 11) is 1.12. The lowest BCUT2D eigenvalue weighted by molar-refractivity contribution is -0.154. The maximum atomic E-state index is 13.2. The molecule has 4 heteroatoms. The molecule has 0 fully saturated rings. The number of ether oxygens (including phenoxy) is 1. The first-order valence-electron chi connectivity index (χ1n) is 5.01. The van der Waals surface area contributed by atoms with Gasteiger partial charge in [0.2, 0.25) is 0 Å². The Bertz CT molecular complexity index is 351. The molecule has 1 aromatic rings. The number of methoxy groups -OCH3 is 1. The van der Waals surface area contributed by atoms with Gasteiger partial charge in [-0.3, -0.25) is 4.79 Å². The molecular formula is C12H14F2O2. The summed E-state index contributed by atoms with van der Waals surface area (Å²) in [4.78, 5) is 11.6. The Balaban J connectivity index is 3.29. The van der Waals surface area contributed by atoms with E-state index in [4.69, 9.17) is 0 Å². The zero-order valence-electron chi connectivity index (χ0n) is 9.24. The standard InChI is InChI=1S/C12H14F2O2/c1-3-12(10(13)14,11(15)16-2)9-7-5-4-6-8-9/h4-8,10H,3H2,1-2H3/t12-/m1/s1. The van der Waals surface area contributed by atoms with Crippen LogP contribution in [0.2, 0.25) is 0 Å². The molecule has 0 unspecified atom stereocenters. The molecule has 0 saturated heterocycles. The fourth-order valence-corrected chi connectivity index (χ4v) is 1.75. The van der Waals surface area contributed by atoms with Gasteiger partial charge in [-0.1, -0.05) is 37.3 Å². The Morgan fingerprint density at radius 2 is 1.94 bits per heavy atom. The molecule has 1 rings (SSSR count). The third-order valence-corrected chi connectivity index (χ3v) is 2.77. The monoisotopic (exact) mass is 228 g/mol. The van der Waals surface area contributed by atoms with Crippen molar-refractivity contribution in [1.82, 2.24) is 0 Å². The molecule has 88 valence electrons. The quantitative estimate of drug-likeness (QED) is 0.741. The highest BCUT2D eigenvalue weighted by Crippen LogP contribution is 2.35. The van der Waals surface area contributed by atoms with E-state index in [1.54, 1.807) is 25.1 Å². The summed E-state index contributed by atoms with van der Waals surface area (Å²) in [6, 6.07) is 8.02. The normalized spacial score (nSPS) is 14.6. The molecule has 16 heavy (non-hydrogen) atoms. The van der Waals surface area contributed by atoms with Crippen molar-refractivity contribution in [1.29, 1.82) is 0 Å². The molecule has 0 saturated carbocycles. The summed E-state index contributed by atoms with van der Waals surface area (Å²) in [5.41, 5.74) is -1.56. The van der Waals surface area contributed by atoms with Crippen molar-refractivity contribution in [3.05, 3.63) is 35.9 Å². The lowest BCUT2D eigenvalue weighted by atomic mass is 9.78. The predicted octanol–water partition coefficient (Wildman–Crippen LogP) is 2.77. The van der Waals surface area contributed by atoms with Gasteiger partial charge in [0.1, 0.15) is 0 Å². The maximum Gasteiger partial charge on any atom is 0.322 e. The second-order valence-electron chi connectivity index (χ2n) is 3.48. The maximum absolute atomic E-state index is 13.2. The third-order valence-electron chi connectivity index (χ3n) is 2.77. The van der Waals surface area contributed by atoms with Gasteiger partial charge < -0.3 is 4.74 Å². The van der Waals surface area contributed by atoms with Crippen molar-refractivity contribution in [2.24, 2.45) is 0 Å². The van der Waals surface area contributed by atoms with Gasteiger partial charge in [-0.25, -0.2) is 8.78 Å². The van der Waals surface area contributed by atoms with Gasteiger partial charge in [0, 0.05) is 0 Å². The lowest BCUT2D eigenvalue weighted by Gasteiger charge is -2.29. The summed E-state index contributed by atoms with van der Waals surface area (Å²) >= 11 is 0. The van der Waals surface area contributed by atoms with Crippen molar-refractivity contribution in [3.63, 3.8) is 0 Å². The van der Waals surface area contributed by atoms with Gasteiger partial charge in [-0.15, -0.1) is 0 Å². The fourth-order valence-electron chi connectivity index (χ4n) is 1.75. The molecule has 0 bridgehead atoms. The van der Waals surface area contributed by atoms with Gasteiger partial charge >= 0.3 is 5.97 Å². The highest BCUT2D eigenvalue weighted by molar-refractivity contribution is 5.83. The summed E-state index contributed by atoms with van der Waals surface area (Å²) in [5.74, 6) is -0.892. The van der Waals surface area contributed by atoms with Gasteiger partial charge in [0.25, 0.3) is 6.43 Å². The topological polar surface area (TPSA) is 26.3 Å². The first-order chi connectivity index (χ1) is 7.59. The zero-order chi connectivity index (χ0) is 12.2. The summed E-state index contributed by atoms with van der Waals surface area (Å²) < 4.78 is 30.9. The van der Waals surface area contributed by atoms with Crippen LogP contribution in [0.1, 0.15) is 18.9 Å². The van der Waals surface area contributed by atoms with Crippen LogP contribution in [0.25, 0.3) is 0 Å². The molecule has 0 aliphatic rings. The zero-order valence-corrected chi connectivity index (χ0v) is 9.24. The van der Waals surface area contributed by atoms with Crippen LogP contribution in [-0.2, 0) is 14.9 Å². The van der Waals surface area contributed by atoms with Crippen LogP contribution >= 0.6 is 0 Å². The van der Waals surface area contributed by atoms with Gasteiger partial charge in [0.05, 0.1) is 7.11 Å². The summed E-state index contributed by atoms with van der Waals surface area (Å²) in [5, 5.41) is 0. The molecule has 0 radical (unpaired) electrons. The molecule has 2 nitrogen and oxygen atoms in total. The van der Waals surface area contributed by atoms with E-state index in [0.717, 1.165) is 7.11 Å². The van der Waals surface area contributed by atoms with E-state index >= 15 is 0 Å². The van der Waals surface area contributed by atoms with Crippen LogP contribution in [0.15, 0.2) is 30.3 Å². The van der Waals surface area contributed by atoms with Gasteiger partial charge in [-0.2, -0.15) is 0 Å². The van der Waals surface area contributed by atoms with Crippen LogP contribution in [0.5, 0.6) is 0 Å². The second kappa shape index (κ2) is 5.05. The van der Waals surface area contributed by atoms with Crippen LogP contribution in [0.3, 0.4) is 0 Å². The minimum absolute atomic E-state index is 0.00134. The molecule has 0 amide bonds. The molecule has 0 spiro atoms. The molecule has 0 aliphatic heterocycles. The first-order valence-corrected chi connectivity index (χ1v) is 5.01. The summed E-state index contributed by atoms with van der Waals surface area (Å²) in [6.07, 6.45) is -2.78. The molecule has 0 aliphatic carbocycles. The Hall–Kier alpha value is -1.45. The van der Waals surface area contributed by atoms with Crippen molar-refractivity contribution in [2.45, 2.75) is 25.2 Å². The van der Waals surface area contributed by atoms with Crippen molar-refractivity contribution >= 4 is 5.97 Å². The molecule has 1 aromatic carbocycles. The number of hydrogen-bond acceptors (Lipinski definition) is 2. The number of rotatable bonds is 4. The number of hydrogen-bond donors (Lipinski definition) is 0. The molecule has 1 atom stereocenters. The minimum atomic E-state index is -2.78. The Kier molecular flexibility index (Phi) is 3.99. The third kappa shape index (κ3) is 1.92. The predicted molar refractivity (Wildman–Crippen MR) is 56.4 cm³/mol. The van der Waals surface area contributed by atoms with Gasteiger partial charge in [0.15, 0.2) is 5.41 Å². The lowest BCUT2D eigenvalue weighted by Crippen LogP contribution is -2.43. The smallest absolute Gasteiger partial charge is 0.322 e. The summed E-state index contributed by atoms with van der Waals surface area (Å²) in [6.45, 7) is 1.55. The van der Waals surface area contributed by atoms with E-state index in [0.29, 0.717) is 5.56 Å². The van der Waals surface area contributed by atoms with E-state index in [1.165, 1.54) is 12.1 Å². The molecule has 0 N–H and O–H groups in total. The van der Waals surface area contributed by atoms with Crippen molar-refractivity contribution in [3.8, 4) is 0 Å². The Morgan fingerprint density at radius 3 is 2.31 bits per heavy atom. The van der Waals surface area contributed by atoms with Crippen molar-refractivity contribution < 1.29 is 18.3 Å². The number of carbonyl (C=O) groups excluding carboxylic acids is 1. The van der Waals surface area contributed by atoms with Crippen molar-refractivity contribution in [2.75, 3.05) is 7.11 Å². The van der Waals surface area contributed by atoms with Gasteiger partial charge in [-0.05, 0) is 12.0 Å². The minimum Gasteiger partial charge on any atom is -0.468 e. The number of alkyl halides is 2. The van der Waals surface area contributed by atoms with Crippen LogP contribution < -0.4 is 0 Å². The molecule has 0 aromatic heterocycles. The SMILES string of the molecule is CC[C@@](C(=O)OC)(c1ccccc1)C(F)F. The fraction of sp³-hybridized carbons (Fsp3) is 0.417. The highest BCUT2D eigenvalue weighted by atomic mass is 19.3. The van der Waals surface area contributed by atoms with E-state index in [2.05, 4.69) is 4.74 Å². The van der Waals surface area contributed by atoms with Crippen LogP contribution in [0.4, 0.5) is 8.78 Å². The number of carbonyl (C=O) groups is 1. The number of benzene rings is 1. The van der Waals surface area contributed by atoms with E-state index in [9.17, 15) is 13.6 Å². The van der Waals surface area contributed by atoms with E-state index in [1.807, 2.05) is 0 Å². The Labute approximate surface area is 93.2 Å². The number of esters is 1. The van der Waals surface area contributed by atoms with Crippen LogP contribution in [-0.4, -0.2) is 19.5 Å². The average Bonchev–Trinajstić information content (AvgIpc) is 2.31. The first kappa shape index (κ1) is 12.6. The molecule has 0 heterocycles. The number of halogens is 2. The average molecular weight is 228 g/mol. The van der Waals surface area contributed by atoms with E-state index < -0.39 is 17.8 Å². The highest BCUT2D eigenvalue weighted by Gasteiger charge is 2.48. The van der Waals surface area contributed by atoms with Crippen LogP contribution in [0, 0.1) is 0 Å². The Morgan fingerprint density at radius 1 is 1.38 bits per heavy atom. The van der Waals surface area contributed by atoms with E-state index in [-0.39, 0.29) is 6.42 Å².